The van der Waals surface area contributed by atoms with E-state index in [1.165, 1.54) is 12.8 Å². The second kappa shape index (κ2) is 6.86. The number of anilines is 1. The summed E-state index contributed by atoms with van der Waals surface area (Å²) in [6.45, 7) is 7.93. The van der Waals surface area contributed by atoms with Crippen molar-refractivity contribution in [1.29, 1.82) is 0 Å². The van der Waals surface area contributed by atoms with Gasteiger partial charge in [0.15, 0.2) is 5.82 Å². The van der Waals surface area contributed by atoms with Crippen molar-refractivity contribution in [2.75, 3.05) is 44.2 Å². The molecule has 0 N–H and O–H groups in total. The van der Waals surface area contributed by atoms with Gasteiger partial charge >= 0.3 is 0 Å². The van der Waals surface area contributed by atoms with Crippen molar-refractivity contribution in [1.82, 2.24) is 20.0 Å². The first kappa shape index (κ1) is 15.5. The third kappa shape index (κ3) is 3.42. The summed E-state index contributed by atoms with van der Waals surface area (Å²) in [6.07, 6.45) is 4.66. The normalized spacial score (nSPS) is 22.2. The lowest BCUT2D eigenvalue weighted by atomic mass is 10.2. The first-order valence-corrected chi connectivity index (χ1v) is 8.63. The lowest BCUT2D eigenvalue weighted by Crippen LogP contribution is -2.48. The average Bonchev–Trinajstić information content (AvgIpc) is 3.28. The zero-order valence-corrected chi connectivity index (χ0v) is 14.0. The smallest absolute Gasteiger partial charge is 0.259 e. The molecule has 1 unspecified atom stereocenters. The molecule has 0 aliphatic carbocycles. The molecule has 2 aliphatic heterocycles. The van der Waals surface area contributed by atoms with Gasteiger partial charge in [0, 0.05) is 45.5 Å². The summed E-state index contributed by atoms with van der Waals surface area (Å²) in [5, 5.41) is 3.82. The Morgan fingerprint density at radius 2 is 2.08 bits per heavy atom. The quantitative estimate of drug-likeness (QED) is 0.846. The Bertz CT molecular complexity index is 658. The van der Waals surface area contributed by atoms with E-state index in [-0.39, 0.29) is 0 Å². The molecule has 4 rings (SSSR count). The first-order chi connectivity index (χ1) is 11.8. The van der Waals surface area contributed by atoms with Gasteiger partial charge in [0.25, 0.3) is 5.89 Å². The van der Waals surface area contributed by atoms with E-state index in [2.05, 4.69) is 24.9 Å². The van der Waals surface area contributed by atoms with E-state index in [1.807, 2.05) is 19.1 Å². The van der Waals surface area contributed by atoms with Crippen LogP contribution in [0.1, 0.15) is 18.7 Å². The van der Waals surface area contributed by atoms with Crippen molar-refractivity contribution in [2.24, 2.45) is 0 Å². The van der Waals surface area contributed by atoms with Crippen LogP contribution in [-0.4, -0.2) is 65.5 Å². The minimum Gasteiger partial charge on any atom is -0.377 e. The molecule has 0 saturated carbocycles. The summed E-state index contributed by atoms with van der Waals surface area (Å²) in [6, 6.07) is 4.03. The van der Waals surface area contributed by atoms with E-state index in [1.54, 1.807) is 6.20 Å². The number of hydrogen-bond donors (Lipinski definition) is 0. The minimum absolute atomic E-state index is 0.437. The predicted octanol–water partition coefficient (Wildman–Crippen LogP) is 1.74. The van der Waals surface area contributed by atoms with Crippen LogP contribution in [0.25, 0.3) is 11.5 Å². The second-order valence-corrected chi connectivity index (χ2v) is 6.47. The van der Waals surface area contributed by atoms with Crippen LogP contribution in [0, 0.1) is 6.92 Å². The SMILES string of the molecule is Cc1noc(-c2ccc(N3CCN(CC4CCCO4)CC3)nc2)n1. The van der Waals surface area contributed by atoms with Crippen LogP contribution in [0.15, 0.2) is 22.9 Å². The van der Waals surface area contributed by atoms with Crippen molar-refractivity contribution in [2.45, 2.75) is 25.9 Å². The highest BCUT2D eigenvalue weighted by atomic mass is 16.5. The fourth-order valence-corrected chi connectivity index (χ4v) is 3.35. The number of aromatic nitrogens is 3. The predicted molar refractivity (Wildman–Crippen MR) is 89.9 cm³/mol. The number of hydrogen-bond acceptors (Lipinski definition) is 7. The molecule has 2 saturated heterocycles. The Morgan fingerprint density at radius 1 is 1.21 bits per heavy atom. The molecule has 7 heteroatoms. The van der Waals surface area contributed by atoms with E-state index in [0.717, 1.165) is 50.7 Å². The van der Waals surface area contributed by atoms with Crippen LogP contribution in [0.5, 0.6) is 0 Å². The Balaban J connectivity index is 1.33. The molecular formula is C17H23N5O2. The average molecular weight is 329 g/mol. The third-order valence-electron chi connectivity index (χ3n) is 4.70. The van der Waals surface area contributed by atoms with Crippen LogP contribution in [0.3, 0.4) is 0 Å². The Labute approximate surface area is 141 Å². The highest BCUT2D eigenvalue weighted by molar-refractivity contribution is 5.54. The topological polar surface area (TPSA) is 67.5 Å². The molecule has 24 heavy (non-hydrogen) atoms. The second-order valence-electron chi connectivity index (χ2n) is 6.47. The van der Waals surface area contributed by atoms with Crippen molar-refractivity contribution in [3.05, 3.63) is 24.2 Å². The number of aryl methyl sites for hydroxylation is 1. The van der Waals surface area contributed by atoms with Gasteiger partial charge in [-0.15, -0.1) is 0 Å². The summed E-state index contributed by atoms with van der Waals surface area (Å²) in [7, 11) is 0. The molecule has 0 radical (unpaired) electrons. The lowest BCUT2D eigenvalue weighted by molar-refractivity contribution is 0.0712. The van der Waals surface area contributed by atoms with E-state index >= 15 is 0 Å². The van der Waals surface area contributed by atoms with Crippen LogP contribution in [0.4, 0.5) is 5.82 Å². The fourth-order valence-electron chi connectivity index (χ4n) is 3.35. The van der Waals surface area contributed by atoms with Gasteiger partial charge in [0.05, 0.1) is 11.7 Å². The number of piperazine rings is 1. The molecule has 4 heterocycles. The molecule has 0 bridgehead atoms. The number of rotatable bonds is 4. The van der Waals surface area contributed by atoms with Gasteiger partial charge in [0.2, 0.25) is 0 Å². The zero-order valence-electron chi connectivity index (χ0n) is 14.0. The molecule has 2 fully saturated rings. The van der Waals surface area contributed by atoms with Crippen molar-refractivity contribution in [3.63, 3.8) is 0 Å². The highest BCUT2D eigenvalue weighted by Crippen LogP contribution is 2.21. The van der Waals surface area contributed by atoms with Crippen LogP contribution >= 0.6 is 0 Å². The molecule has 7 nitrogen and oxygen atoms in total. The summed E-state index contributed by atoms with van der Waals surface area (Å²) >= 11 is 0. The van der Waals surface area contributed by atoms with Gasteiger partial charge in [-0.3, -0.25) is 4.90 Å². The zero-order chi connectivity index (χ0) is 16.4. The Hall–Kier alpha value is -1.99. The lowest BCUT2D eigenvalue weighted by Gasteiger charge is -2.36. The van der Waals surface area contributed by atoms with Gasteiger partial charge in [-0.05, 0) is 31.9 Å². The molecule has 0 amide bonds. The molecule has 2 aromatic rings. The van der Waals surface area contributed by atoms with Gasteiger partial charge in [-0.1, -0.05) is 5.16 Å². The van der Waals surface area contributed by atoms with Crippen molar-refractivity contribution in [3.8, 4) is 11.5 Å². The van der Waals surface area contributed by atoms with Crippen LogP contribution in [0.2, 0.25) is 0 Å². The summed E-state index contributed by atoms with van der Waals surface area (Å²) in [4.78, 5) is 13.6. The Morgan fingerprint density at radius 3 is 2.71 bits per heavy atom. The van der Waals surface area contributed by atoms with Crippen LogP contribution < -0.4 is 4.90 Å². The summed E-state index contributed by atoms with van der Waals surface area (Å²) < 4.78 is 10.9. The summed E-state index contributed by atoms with van der Waals surface area (Å²) in [5.41, 5.74) is 0.858. The van der Waals surface area contributed by atoms with Crippen LogP contribution in [-0.2, 0) is 4.74 Å². The maximum atomic E-state index is 5.74. The maximum Gasteiger partial charge on any atom is 0.259 e. The molecule has 1 atom stereocenters. The molecule has 2 aliphatic rings. The van der Waals surface area contributed by atoms with E-state index < -0.39 is 0 Å². The van der Waals surface area contributed by atoms with Crippen molar-refractivity contribution >= 4 is 5.82 Å². The van der Waals surface area contributed by atoms with E-state index in [4.69, 9.17) is 9.26 Å². The molecular weight excluding hydrogens is 306 g/mol. The first-order valence-electron chi connectivity index (χ1n) is 8.63. The van der Waals surface area contributed by atoms with Gasteiger partial charge in [-0.2, -0.15) is 4.98 Å². The standard InChI is InChI=1S/C17H23N5O2/c1-13-19-17(24-20-13)14-4-5-16(18-11-14)22-8-6-21(7-9-22)12-15-3-2-10-23-15/h4-5,11,15H,2-3,6-10,12H2,1H3. The highest BCUT2D eigenvalue weighted by Gasteiger charge is 2.23. The minimum atomic E-state index is 0.437. The molecule has 0 spiro atoms. The monoisotopic (exact) mass is 329 g/mol. The number of nitrogens with zero attached hydrogens (tertiary/aromatic N) is 5. The number of ether oxygens (including phenoxy) is 1. The van der Waals surface area contributed by atoms with E-state index in [9.17, 15) is 0 Å². The van der Waals surface area contributed by atoms with Gasteiger partial charge < -0.3 is 14.2 Å². The number of pyridine rings is 1. The largest absolute Gasteiger partial charge is 0.377 e. The summed E-state index contributed by atoms with van der Waals surface area (Å²) in [5.74, 6) is 2.16. The molecule has 0 aromatic carbocycles. The molecule has 2 aromatic heterocycles. The maximum absolute atomic E-state index is 5.74. The van der Waals surface area contributed by atoms with Gasteiger partial charge in [0.1, 0.15) is 5.82 Å². The molecule has 128 valence electrons. The Kier molecular flexibility index (Phi) is 4.44. The van der Waals surface area contributed by atoms with Gasteiger partial charge in [-0.25, -0.2) is 4.98 Å². The fraction of sp³-hybridized carbons (Fsp3) is 0.588. The third-order valence-corrected chi connectivity index (χ3v) is 4.70. The van der Waals surface area contributed by atoms with E-state index in [0.29, 0.717) is 17.8 Å². The van der Waals surface area contributed by atoms with Crippen molar-refractivity contribution < 1.29 is 9.26 Å².